The van der Waals surface area contributed by atoms with E-state index in [-0.39, 0.29) is 62.6 Å². The lowest BCUT2D eigenvalue weighted by Gasteiger charge is -2.55. The molecule has 0 radical (unpaired) electrons. The maximum atomic E-state index is 14.7. The van der Waals surface area contributed by atoms with Crippen molar-refractivity contribution in [1.82, 2.24) is 34.6 Å². The summed E-state index contributed by atoms with van der Waals surface area (Å²) in [5.41, 5.74) is 5.59. The smallest absolute Gasteiger partial charge is 0.334 e. The molecule has 1 unspecified atom stereocenters. The average molecular weight is 810 g/mol. The van der Waals surface area contributed by atoms with Crippen molar-refractivity contribution in [2.45, 2.75) is 31.7 Å². The lowest BCUT2D eigenvalue weighted by molar-refractivity contribution is -0.189. The van der Waals surface area contributed by atoms with Crippen LogP contribution in [-0.4, -0.2) is 123 Å². The van der Waals surface area contributed by atoms with Crippen molar-refractivity contribution in [3.63, 3.8) is 0 Å². The number of carbonyl (C=O) groups excluding carboxylic acids is 4. The van der Waals surface area contributed by atoms with Crippen LogP contribution >= 0.6 is 0 Å². The minimum Gasteiger partial charge on any atom is -0.508 e. The fraction of sp³-hybridized carbons (Fsp3) is 0.304. The molecule has 60 heavy (non-hydrogen) atoms. The molecular weight excluding hydrogens is 759 g/mol. The van der Waals surface area contributed by atoms with Crippen molar-refractivity contribution in [1.29, 1.82) is 0 Å². The summed E-state index contributed by atoms with van der Waals surface area (Å²) in [6, 6.07) is 28.5. The molecular formula is C46H51N9O5. The van der Waals surface area contributed by atoms with Crippen molar-refractivity contribution in [3.05, 3.63) is 138 Å². The van der Waals surface area contributed by atoms with Gasteiger partial charge >= 0.3 is 6.03 Å². The number of aromatic hydroxyl groups is 1. The number of rotatable bonds is 11. The van der Waals surface area contributed by atoms with Gasteiger partial charge in [0.05, 0.1) is 24.2 Å². The lowest BCUT2D eigenvalue weighted by Crippen LogP contribution is -2.76. The first-order chi connectivity index (χ1) is 29.1. The van der Waals surface area contributed by atoms with E-state index in [1.54, 1.807) is 56.4 Å². The number of hydrogen-bond donors (Lipinski definition) is 3. The third-order valence-corrected chi connectivity index (χ3v) is 11.7. The highest BCUT2D eigenvalue weighted by Crippen LogP contribution is 2.32. The Morgan fingerprint density at radius 2 is 1.60 bits per heavy atom. The molecule has 4 aromatic carbocycles. The van der Waals surface area contributed by atoms with Crippen LogP contribution in [0.4, 0.5) is 16.2 Å². The predicted molar refractivity (Wildman–Crippen MR) is 231 cm³/mol. The van der Waals surface area contributed by atoms with E-state index in [9.17, 15) is 24.3 Å². The monoisotopic (exact) mass is 809 g/mol. The topological polar surface area (TPSA) is 137 Å². The number of phenolic OH excluding ortho intramolecular Hbond substituents is 1. The number of benzene rings is 4. The molecule has 0 bridgehead atoms. The van der Waals surface area contributed by atoms with E-state index in [1.165, 1.54) is 0 Å². The molecule has 8 rings (SSSR count). The Kier molecular flexibility index (Phi) is 11.6. The zero-order valence-electron chi connectivity index (χ0n) is 34.0. The Balaban J connectivity index is 1.08. The summed E-state index contributed by atoms with van der Waals surface area (Å²) in [6.45, 7) is 8.40. The number of likely N-dealkylation sites (N-methyl/N-ethyl adjacent to an activating group) is 1. The number of hydrazine groups is 1. The summed E-state index contributed by atoms with van der Waals surface area (Å²) in [7, 11) is 4.01. The number of piperazine rings is 2. The highest BCUT2D eigenvalue weighted by molar-refractivity contribution is 6.13. The molecule has 5 aromatic rings. The number of aryl methyl sites for hydroxylation is 1. The minimum atomic E-state index is -0.937. The number of urea groups is 1. The van der Waals surface area contributed by atoms with Gasteiger partial charge in [-0.25, -0.2) is 14.8 Å². The molecule has 14 heteroatoms. The van der Waals surface area contributed by atoms with Crippen LogP contribution in [0.25, 0.3) is 10.9 Å². The highest BCUT2D eigenvalue weighted by Gasteiger charge is 2.51. The molecule has 3 aliphatic rings. The first-order valence-electron chi connectivity index (χ1n) is 20.3. The molecule has 14 nitrogen and oxygen atoms in total. The van der Waals surface area contributed by atoms with Crippen molar-refractivity contribution >= 4 is 46.0 Å². The van der Waals surface area contributed by atoms with Crippen molar-refractivity contribution in [2.24, 2.45) is 7.05 Å². The van der Waals surface area contributed by atoms with Crippen LogP contribution in [0.1, 0.15) is 27.0 Å². The van der Waals surface area contributed by atoms with Gasteiger partial charge in [0.15, 0.2) is 0 Å². The summed E-state index contributed by atoms with van der Waals surface area (Å²) in [4.78, 5) is 64.8. The van der Waals surface area contributed by atoms with E-state index < -0.39 is 18.2 Å². The van der Waals surface area contributed by atoms with Gasteiger partial charge in [0.2, 0.25) is 11.8 Å². The number of carbonyl (C=O) groups is 4. The van der Waals surface area contributed by atoms with Gasteiger partial charge in [-0.3, -0.25) is 14.4 Å². The Bertz CT molecular complexity index is 2380. The van der Waals surface area contributed by atoms with Gasteiger partial charge in [-0.15, -0.1) is 6.58 Å². The minimum absolute atomic E-state index is 0.0430. The summed E-state index contributed by atoms with van der Waals surface area (Å²) >= 11 is 0. The molecule has 4 heterocycles. The van der Waals surface area contributed by atoms with Gasteiger partial charge in [0.1, 0.15) is 18.0 Å². The number of fused-ring (bicyclic) bond motifs is 2. The number of nitrogens with one attached hydrogen (secondary N) is 2. The fourth-order valence-corrected chi connectivity index (χ4v) is 8.64. The first-order valence-corrected chi connectivity index (χ1v) is 20.3. The molecule has 0 aliphatic carbocycles. The maximum absolute atomic E-state index is 14.7. The molecule has 0 saturated carbocycles. The van der Waals surface area contributed by atoms with E-state index in [2.05, 4.69) is 34.1 Å². The Morgan fingerprint density at radius 3 is 2.32 bits per heavy atom. The van der Waals surface area contributed by atoms with Crippen molar-refractivity contribution in [2.75, 3.05) is 63.1 Å². The quantitative estimate of drug-likeness (QED) is 0.165. The summed E-state index contributed by atoms with van der Waals surface area (Å²) in [5, 5.41) is 20.1. The van der Waals surface area contributed by atoms with Crippen LogP contribution in [0.15, 0.2) is 116 Å². The molecule has 3 aliphatic heterocycles. The van der Waals surface area contributed by atoms with E-state index in [0.717, 1.165) is 59.5 Å². The zero-order valence-corrected chi connectivity index (χ0v) is 34.0. The Hall–Kier alpha value is -6.64. The zero-order chi connectivity index (χ0) is 41.9. The molecule has 2 atom stereocenters. The van der Waals surface area contributed by atoms with Crippen molar-refractivity contribution in [3.8, 4) is 5.75 Å². The summed E-state index contributed by atoms with van der Waals surface area (Å²) < 4.78 is 1.91. The Morgan fingerprint density at radius 1 is 0.867 bits per heavy atom. The van der Waals surface area contributed by atoms with Crippen LogP contribution in [-0.2, 0) is 36.1 Å². The average Bonchev–Trinajstić information content (AvgIpc) is 3.60. The largest absolute Gasteiger partial charge is 0.508 e. The van der Waals surface area contributed by atoms with Gasteiger partial charge in [0, 0.05) is 82.2 Å². The normalized spacial score (nSPS) is 18.8. The Labute approximate surface area is 349 Å². The second-order valence-electron chi connectivity index (χ2n) is 15.8. The van der Waals surface area contributed by atoms with Gasteiger partial charge < -0.3 is 39.9 Å². The highest BCUT2D eigenvalue weighted by atomic mass is 16.3. The number of nitrogens with zero attached hydrogens (tertiary/aromatic N) is 7. The van der Waals surface area contributed by atoms with Gasteiger partial charge in [0.25, 0.3) is 5.91 Å². The molecule has 0 spiro atoms. The molecule has 3 N–H and O–H groups in total. The molecule has 3 fully saturated rings. The first kappa shape index (κ1) is 40.2. The number of amides is 5. The van der Waals surface area contributed by atoms with Crippen LogP contribution in [0.5, 0.6) is 5.75 Å². The lowest BCUT2D eigenvalue weighted by atomic mass is 9.98. The fourth-order valence-electron chi connectivity index (χ4n) is 8.64. The van der Waals surface area contributed by atoms with Gasteiger partial charge in [-0.2, -0.15) is 0 Å². The van der Waals surface area contributed by atoms with Crippen LogP contribution in [0.2, 0.25) is 0 Å². The predicted octanol–water partition coefficient (Wildman–Crippen LogP) is 4.62. The van der Waals surface area contributed by atoms with E-state index in [0.29, 0.717) is 11.3 Å². The third-order valence-electron chi connectivity index (χ3n) is 11.7. The van der Waals surface area contributed by atoms with E-state index >= 15 is 0 Å². The van der Waals surface area contributed by atoms with Gasteiger partial charge in [-0.05, 0) is 60.1 Å². The number of anilines is 2. The molecule has 5 amide bonds. The number of para-hydroxylation sites is 1. The third kappa shape index (κ3) is 8.29. The van der Waals surface area contributed by atoms with Crippen LogP contribution in [0.3, 0.4) is 0 Å². The van der Waals surface area contributed by atoms with E-state index in [1.807, 2.05) is 84.4 Å². The number of phenols is 1. The SMILES string of the molecule is C=CCN1CC(=O)N2C(CN(Cc3cccc4c(C(=O)Nc5ccc(N6CCN(C)CC6)cc5)cn(C)c34)C(=O)[C@@H]2Cc2ccc(O)cc2)N1C(=O)NCc1ccccc1. The summed E-state index contributed by atoms with van der Waals surface area (Å²) in [5.74, 6) is -0.700. The molecule has 310 valence electrons. The standard InChI is InChI=1S/C46H51N9O5/c1-4-21-53-31-42(57)54-40(26-32-13-19-37(56)20-14-32)45(59)52(30-41(54)55(53)46(60)47-27-33-9-6-5-7-10-33)28-34-11-8-12-38-39(29-50(3)43(34)38)44(58)48-35-15-17-36(18-16-35)51-24-22-49(2)23-25-51/h4-20,29,40-41,56H,1,21-28,30-31H2,2-3H3,(H,47,60)(H,48,58)/t40-,41?/m0/s1. The molecule has 1 aromatic heterocycles. The van der Waals surface area contributed by atoms with Crippen LogP contribution < -0.4 is 15.5 Å². The second kappa shape index (κ2) is 17.3. The second-order valence-corrected chi connectivity index (χ2v) is 15.8. The van der Waals surface area contributed by atoms with E-state index in [4.69, 9.17) is 0 Å². The number of aromatic nitrogens is 1. The van der Waals surface area contributed by atoms with Crippen LogP contribution in [0, 0.1) is 0 Å². The maximum Gasteiger partial charge on any atom is 0.334 e. The van der Waals surface area contributed by atoms with Gasteiger partial charge in [-0.1, -0.05) is 66.7 Å². The van der Waals surface area contributed by atoms with Crippen molar-refractivity contribution < 1.29 is 24.3 Å². The summed E-state index contributed by atoms with van der Waals surface area (Å²) in [6.07, 6.45) is 2.79. The molecule has 3 saturated heterocycles. The number of hydrogen-bond acceptors (Lipinski definition) is 8.